The number of hydrogen-bond donors (Lipinski definition) is 2. The SMILES string of the molecule is CCc1ccc(Nc2ncnc(NC)c2C)cc1. The Morgan fingerprint density at radius 2 is 1.72 bits per heavy atom. The molecule has 2 aromatic rings. The molecule has 1 aromatic heterocycles. The Morgan fingerprint density at radius 1 is 1.06 bits per heavy atom. The first-order valence-electron chi connectivity index (χ1n) is 6.10. The van der Waals surface area contributed by atoms with Gasteiger partial charge in [0, 0.05) is 18.3 Å². The van der Waals surface area contributed by atoms with Crippen LogP contribution in [-0.4, -0.2) is 17.0 Å². The average molecular weight is 242 g/mol. The normalized spacial score (nSPS) is 10.2. The number of hydrogen-bond acceptors (Lipinski definition) is 4. The molecule has 0 amide bonds. The van der Waals surface area contributed by atoms with Crippen molar-refractivity contribution in [1.82, 2.24) is 9.97 Å². The van der Waals surface area contributed by atoms with Crippen LogP contribution in [0.2, 0.25) is 0 Å². The molecule has 1 heterocycles. The zero-order valence-corrected chi connectivity index (χ0v) is 11.0. The van der Waals surface area contributed by atoms with Crippen LogP contribution in [0.15, 0.2) is 30.6 Å². The quantitative estimate of drug-likeness (QED) is 0.864. The Kier molecular flexibility index (Phi) is 3.77. The van der Waals surface area contributed by atoms with E-state index in [2.05, 4.69) is 51.8 Å². The van der Waals surface area contributed by atoms with Gasteiger partial charge in [0.1, 0.15) is 18.0 Å². The molecule has 0 aliphatic heterocycles. The molecular formula is C14H18N4. The van der Waals surface area contributed by atoms with Crippen molar-refractivity contribution in [3.8, 4) is 0 Å². The van der Waals surface area contributed by atoms with Crippen molar-refractivity contribution in [2.24, 2.45) is 0 Å². The Hall–Kier alpha value is -2.10. The maximum atomic E-state index is 4.26. The van der Waals surface area contributed by atoms with Crippen LogP contribution >= 0.6 is 0 Å². The lowest BCUT2D eigenvalue weighted by Gasteiger charge is -2.11. The van der Waals surface area contributed by atoms with E-state index in [0.717, 1.165) is 29.3 Å². The number of aryl methyl sites for hydroxylation is 1. The van der Waals surface area contributed by atoms with E-state index in [1.54, 1.807) is 6.33 Å². The molecular weight excluding hydrogens is 224 g/mol. The summed E-state index contributed by atoms with van der Waals surface area (Å²) in [4.78, 5) is 8.43. The highest BCUT2D eigenvalue weighted by Gasteiger charge is 2.05. The molecule has 0 aliphatic rings. The van der Waals surface area contributed by atoms with Gasteiger partial charge in [0.05, 0.1) is 0 Å². The van der Waals surface area contributed by atoms with Crippen molar-refractivity contribution < 1.29 is 0 Å². The first-order valence-corrected chi connectivity index (χ1v) is 6.10. The van der Waals surface area contributed by atoms with Gasteiger partial charge in [-0.2, -0.15) is 0 Å². The van der Waals surface area contributed by atoms with Crippen LogP contribution in [0.1, 0.15) is 18.1 Å². The van der Waals surface area contributed by atoms with Gasteiger partial charge in [-0.25, -0.2) is 9.97 Å². The molecule has 94 valence electrons. The van der Waals surface area contributed by atoms with Crippen LogP contribution in [0.5, 0.6) is 0 Å². The van der Waals surface area contributed by atoms with E-state index in [-0.39, 0.29) is 0 Å². The van der Waals surface area contributed by atoms with E-state index in [0.29, 0.717) is 0 Å². The minimum absolute atomic E-state index is 0.832. The van der Waals surface area contributed by atoms with Crippen LogP contribution in [0.25, 0.3) is 0 Å². The number of nitrogens with zero attached hydrogens (tertiary/aromatic N) is 2. The highest BCUT2D eigenvalue weighted by Crippen LogP contribution is 2.22. The average Bonchev–Trinajstić information content (AvgIpc) is 2.42. The minimum atomic E-state index is 0.832. The highest BCUT2D eigenvalue weighted by atomic mass is 15.1. The third kappa shape index (κ3) is 2.59. The largest absolute Gasteiger partial charge is 0.373 e. The summed E-state index contributed by atoms with van der Waals surface area (Å²) >= 11 is 0. The number of benzene rings is 1. The molecule has 0 radical (unpaired) electrons. The fourth-order valence-corrected chi connectivity index (χ4v) is 1.79. The second-order valence-corrected chi connectivity index (χ2v) is 4.12. The zero-order valence-electron chi connectivity index (χ0n) is 11.0. The van der Waals surface area contributed by atoms with Crippen LogP contribution in [0, 0.1) is 6.92 Å². The third-order valence-electron chi connectivity index (χ3n) is 2.95. The fourth-order valence-electron chi connectivity index (χ4n) is 1.79. The summed E-state index contributed by atoms with van der Waals surface area (Å²) in [5.41, 5.74) is 3.38. The molecule has 18 heavy (non-hydrogen) atoms. The van der Waals surface area contributed by atoms with Gasteiger partial charge in [0.25, 0.3) is 0 Å². The van der Waals surface area contributed by atoms with Crippen molar-refractivity contribution in [2.75, 3.05) is 17.7 Å². The predicted molar refractivity (Wildman–Crippen MR) is 75.4 cm³/mol. The molecule has 1 aromatic carbocycles. The predicted octanol–water partition coefficient (Wildman–Crippen LogP) is 3.13. The summed E-state index contributed by atoms with van der Waals surface area (Å²) in [6.45, 7) is 4.14. The van der Waals surface area contributed by atoms with E-state index in [1.165, 1.54) is 5.56 Å². The molecule has 0 unspecified atom stereocenters. The van der Waals surface area contributed by atoms with Crippen molar-refractivity contribution in [3.63, 3.8) is 0 Å². The number of anilines is 3. The standard InChI is InChI=1S/C14H18N4/c1-4-11-5-7-12(8-6-11)18-14-10(2)13(15-3)16-9-17-14/h5-9H,4H2,1-3H3,(H2,15,16,17,18). The van der Waals surface area contributed by atoms with Gasteiger partial charge in [0.2, 0.25) is 0 Å². The summed E-state index contributed by atoms with van der Waals surface area (Å²) in [5, 5.41) is 6.36. The Balaban J connectivity index is 2.22. The second kappa shape index (κ2) is 5.49. The van der Waals surface area contributed by atoms with Gasteiger partial charge in [0.15, 0.2) is 0 Å². The van der Waals surface area contributed by atoms with Crippen LogP contribution in [0.4, 0.5) is 17.3 Å². The van der Waals surface area contributed by atoms with Crippen molar-refractivity contribution in [2.45, 2.75) is 20.3 Å². The van der Waals surface area contributed by atoms with Gasteiger partial charge in [-0.05, 0) is 31.0 Å². The molecule has 0 aliphatic carbocycles. The Morgan fingerprint density at radius 3 is 2.33 bits per heavy atom. The summed E-state index contributed by atoms with van der Waals surface area (Å²) < 4.78 is 0. The van der Waals surface area contributed by atoms with Crippen molar-refractivity contribution in [3.05, 3.63) is 41.7 Å². The lowest BCUT2D eigenvalue weighted by molar-refractivity contribution is 1.12. The van der Waals surface area contributed by atoms with Gasteiger partial charge >= 0.3 is 0 Å². The summed E-state index contributed by atoms with van der Waals surface area (Å²) in [7, 11) is 1.86. The van der Waals surface area contributed by atoms with E-state index < -0.39 is 0 Å². The molecule has 2 rings (SSSR count). The maximum absolute atomic E-state index is 4.26. The number of nitrogens with one attached hydrogen (secondary N) is 2. The van der Waals surface area contributed by atoms with Crippen molar-refractivity contribution >= 4 is 17.3 Å². The van der Waals surface area contributed by atoms with Gasteiger partial charge < -0.3 is 10.6 Å². The number of aromatic nitrogens is 2. The van der Waals surface area contributed by atoms with Crippen LogP contribution < -0.4 is 10.6 Å². The fraction of sp³-hybridized carbons (Fsp3) is 0.286. The molecule has 0 bridgehead atoms. The Bertz CT molecular complexity index is 520. The molecule has 0 saturated carbocycles. The van der Waals surface area contributed by atoms with Gasteiger partial charge in [-0.3, -0.25) is 0 Å². The highest BCUT2D eigenvalue weighted by molar-refractivity contribution is 5.64. The number of rotatable bonds is 4. The van der Waals surface area contributed by atoms with Crippen LogP contribution in [0.3, 0.4) is 0 Å². The lowest BCUT2D eigenvalue weighted by atomic mass is 10.1. The molecule has 2 N–H and O–H groups in total. The van der Waals surface area contributed by atoms with E-state index in [4.69, 9.17) is 0 Å². The lowest BCUT2D eigenvalue weighted by Crippen LogP contribution is -2.02. The van der Waals surface area contributed by atoms with Crippen molar-refractivity contribution in [1.29, 1.82) is 0 Å². The molecule has 4 heteroatoms. The molecule has 0 saturated heterocycles. The maximum Gasteiger partial charge on any atom is 0.138 e. The first kappa shape index (κ1) is 12.4. The summed E-state index contributed by atoms with van der Waals surface area (Å²) in [6.07, 6.45) is 2.61. The Labute approximate surface area is 107 Å². The topological polar surface area (TPSA) is 49.8 Å². The van der Waals surface area contributed by atoms with Gasteiger partial charge in [-0.15, -0.1) is 0 Å². The monoisotopic (exact) mass is 242 g/mol. The smallest absolute Gasteiger partial charge is 0.138 e. The first-order chi connectivity index (χ1) is 8.74. The third-order valence-corrected chi connectivity index (χ3v) is 2.95. The molecule has 4 nitrogen and oxygen atoms in total. The summed E-state index contributed by atoms with van der Waals surface area (Å²) in [5.74, 6) is 1.68. The zero-order chi connectivity index (χ0) is 13.0. The minimum Gasteiger partial charge on any atom is -0.373 e. The summed E-state index contributed by atoms with van der Waals surface area (Å²) in [6, 6.07) is 8.38. The van der Waals surface area contributed by atoms with Gasteiger partial charge in [-0.1, -0.05) is 19.1 Å². The van der Waals surface area contributed by atoms with E-state index in [9.17, 15) is 0 Å². The second-order valence-electron chi connectivity index (χ2n) is 4.12. The molecule has 0 atom stereocenters. The molecule has 0 spiro atoms. The molecule has 0 fully saturated rings. The van der Waals surface area contributed by atoms with E-state index >= 15 is 0 Å². The van der Waals surface area contributed by atoms with E-state index in [1.807, 2.05) is 14.0 Å². The van der Waals surface area contributed by atoms with Crippen LogP contribution in [-0.2, 0) is 6.42 Å².